The van der Waals surface area contributed by atoms with Gasteiger partial charge in [0.25, 0.3) is 0 Å². The predicted octanol–water partition coefficient (Wildman–Crippen LogP) is 4.06. The smallest absolute Gasteiger partial charge is 0.127 e. The second-order valence-electron chi connectivity index (χ2n) is 6.78. The first kappa shape index (κ1) is 19.4. The summed E-state index contributed by atoms with van der Waals surface area (Å²) in [5.41, 5.74) is 1.68. The lowest BCUT2D eigenvalue weighted by molar-refractivity contribution is 0.0359. The fourth-order valence-electron chi connectivity index (χ4n) is 3.23. The topological polar surface area (TPSA) is 15.7 Å². The minimum absolute atomic E-state index is 0.340. The first-order valence-corrected chi connectivity index (χ1v) is 9.99. The van der Waals surface area contributed by atoms with Gasteiger partial charge in [-0.25, -0.2) is 8.78 Å². The molecule has 1 aliphatic heterocycles. The molecule has 0 N–H and O–H groups in total. The van der Waals surface area contributed by atoms with Gasteiger partial charge in [0.05, 0.1) is 13.2 Å². The van der Waals surface area contributed by atoms with E-state index in [1.807, 2.05) is 0 Å². The van der Waals surface area contributed by atoms with Gasteiger partial charge < -0.3 is 4.74 Å². The predicted molar refractivity (Wildman–Crippen MR) is 101 cm³/mol. The van der Waals surface area contributed by atoms with Crippen molar-refractivity contribution in [2.45, 2.75) is 26.4 Å². The van der Waals surface area contributed by atoms with Crippen LogP contribution in [0.4, 0.5) is 8.78 Å². The molecule has 2 aromatic rings. The normalized spacial score (nSPS) is 15.7. The Labute approximate surface area is 158 Å². The van der Waals surface area contributed by atoms with Crippen molar-refractivity contribution < 1.29 is 13.5 Å². The summed E-state index contributed by atoms with van der Waals surface area (Å²) in [4.78, 5) is 5.91. The van der Waals surface area contributed by atoms with E-state index in [1.165, 1.54) is 28.6 Å². The van der Waals surface area contributed by atoms with Crippen LogP contribution in [0.1, 0.15) is 22.4 Å². The number of aryl methyl sites for hydroxylation is 1. The van der Waals surface area contributed by atoms with E-state index in [-0.39, 0.29) is 11.6 Å². The Kier molecular flexibility index (Phi) is 7.14. The van der Waals surface area contributed by atoms with Gasteiger partial charge in [0, 0.05) is 43.2 Å². The van der Waals surface area contributed by atoms with Crippen molar-refractivity contribution in [3.05, 3.63) is 57.3 Å². The van der Waals surface area contributed by atoms with Crippen LogP contribution in [0, 0.1) is 18.6 Å². The Bertz CT molecular complexity index is 701. The third kappa shape index (κ3) is 5.58. The van der Waals surface area contributed by atoms with Gasteiger partial charge in [0.15, 0.2) is 0 Å². The van der Waals surface area contributed by atoms with E-state index in [2.05, 4.69) is 28.2 Å². The van der Waals surface area contributed by atoms with Gasteiger partial charge >= 0.3 is 0 Å². The van der Waals surface area contributed by atoms with Gasteiger partial charge in [-0.05, 0) is 55.1 Å². The van der Waals surface area contributed by atoms with Crippen LogP contribution in [0.2, 0.25) is 0 Å². The van der Waals surface area contributed by atoms with Gasteiger partial charge in [-0.1, -0.05) is 0 Å². The second kappa shape index (κ2) is 9.55. The fraction of sp³-hybridized carbons (Fsp3) is 0.500. The lowest BCUT2D eigenvalue weighted by Crippen LogP contribution is -2.38. The summed E-state index contributed by atoms with van der Waals surface area (Å²) in [5, 5.41) is 2.08. The first-order chi connectivity index (χ1) is 12.6. The van der Waals surface area contributed by atoms with Crippen molar-refractivity contribution in [2.75, 3.05) is 39.4 Å². The highest BCUT2D eigenvalue weighted by molar-refractivity contribution is 7.10. The molecule has 1 aromatic carbocycles. The average Bonchev–Trinajstić information content (AvgIpc) is 3.04. The van der Waals surface area contributed by atoms with Crippen LogP contribution in [0.3, 0.4) is 0 Å². The summed E-state index contributed by atoms with van der Waals surface area (Å²) in [6, 6.07) is 5.80. The Hall–Kier alpha value is -1.34. The summed E-state index contributed by atoms with van der Waals surface area (Å²) in [6.45, 7) is 8.69. The number of thiophene rings is 1. The number of hydrogen-bond donors (Lipinski definition) is 0. The number of halogens is 2. The lowest BCUT2D eigenvalue weighted by Gasteiger charge is -2.28. The Morgan fingerprint density at radius 3 is 2.69 bits per heavy atom. The molecule has 6 heteroatoms. The molecule has 1 aromatic heterocycles. The highest BCUT2D eigenvalue weighted by Crippen LogP contribution is 2.20. The number of hydrogen-bond acceptors (Lipinski definition) is 4. The van der Waals surface area contributed by atoms with Crippen LogP contribution in [-0.4, -0.2) is 49.2 Å². The molecule has 3 nitrogen and oxygen atoms in total. The molecule has 1 fully saturated rings. The van der Waals surface area contributed by atoms with Crippen LogP contribution >= 0.6 is 11.3 Å². The standard InChI is InChI=1S/C20H26F2N2OS/c1-16-5-12-26-20(16)15-24(7-2-6-23-8-10-25-11-9-23)14-17-13-18(21)3-4-19(17)22/h3-5,12-13H,2,6-11,14-15H2,1H3. The molecule has 2 heterocycles. The number of benzene rings is 1. The zero-order valence-electron chi connectivity index (χ0n) is 15.2. The zero-order valence-corrected chi connectivity index (χ0v) is 16.0. The van der Waals surface area contributed by atoms with E-state index < -0.39 is 0 Å². The van der Waals surface area contributed by atoms with Crippen molar-refractivity contribution in [3.63, 3.8) is 0 Å². The average molecular weight is 381 g/mol. The number of morpholine rings is 1. The van der Waals surface area contributed by atoms with E-state index in [4.69, 9.17) is 4.74 Å². The van der Waals surface area contributed by atoms with Crippen LogP contribution in [0.5, 0.6) is 0 Å². The summed E-state index contributed by atoms with van der Waals surface area (Å²) in [7, 11) is 0. The van der Waals surface area contributed by atoms with Crippen LogP contribution in [0.25, 0.3) is 0 Å². The highest BCUT2D eigenvalue weighted by Gasteiger charge is 2.15. The molecular weight excluding hydrogens is 354 g/mol. The number of rotatable bonds is 8. The van der Waals surface area contributed by atoms with E-state index in [0.717, 1.165) is 52.4 Å². The van der Waals surface area contributed by atoms with Gasteiger partial charge in [0.2, 0.25) is 0 Å². The highest BCUT2D eigenvalue weighted by atomic mass is 32.1. The van der Waals surface area contributed by atoms with Crippen LogP contribution in [0.15, 0.2) is 29.6 Å². The Morgan fingerprint density at radius 1 is 1.15 bits per heavy atom. The number of nitrogens with zero attached hydrogens (tertiary/aromatic N) is 2. The molecule has 0 amide bonds. The molecule has 0 aliphatic carbocycles. The Morgan fingerprint density at radius 2 is 1.96 bits per heavy atom. The quantitative estimate of drug-likeness (QED) is 0.687. The maximum Gasteiger partial charge on any atom is 0.127 e. The molecule has 0 spiro atoms. The first-order valence-electron chi connectivity index (χ1n) is 9.11. The van der Waals surface area contributed by atoms with E-state index in [1.54, 1.807) is 11.3 Å². The van der Waals surface area contributed by atoms with Crippen molar-refractivity contribution >= 4 is 11.3 Å². The third-order valence-electron chi connectivity index (χ3n) is 4.79. The minimum atomic E-state index is -0.387. The zero-order chi connectivity index (χ0) is 18.4. The molecule has 0 atom stereocenters. The van der Waals surface area contributed by atoms with Crippen LogP contribution < -0.4 is 0 Å². The van der Waals surface area contributed by atoms with E-state index >= 15 is 0 Å². The maximum absolute atomic E-state index is 14.1. The molecule has 0 radical (unpaired) electrons. The fourth-order valence-corrected chi connectivity index (χ4v) is 4.18. The van der Waals surface area contributed by atoms with Gasteiger partial charge in [-0.15, -0.1) is 11.3 Å². The van der Waals surface area contributed by atoms with E-state index in [0.29, 0.717) is 12.1 Å². The molecular formula is C20H26F2N2OS. The lowest BCUT2D eigenvalue weighted by atomic mass is 10.1. The summed E-state index contributed by atoms with van der Waals surface area (Å²) < 4.78 is 33.0. The molecule has 142 valence electrons. The molecule has 1 aliphatic rings. The SMILES string of the molecule is Cc1ccsc1CN(CCCN1CCOCC1)Cc1cc(F)ccc1F. The molecule has 0 saturated carbocycles. The van der Waals surface area contributed by atoms with Crippen LogP contribution in [-0.2, 0) is 17.8 Å². The molecule has 1 saturated heterocycles. The van der Waals surface area contributed by atoms with Crippen molar-refractivity contribution in [1.29, 1.82) is 0 Å². The molecule has 3 rings (SSSR count). The van der Waals surface area contributed by atoms with Gasteiger partial charge in [0.1, 0.15) is 11.6 Å². The molecule has 0 unspecified atom stereocenters. The largest absolute Gasteiger partial charge is 0.379 e. The second-order valence-corrected chi connectivity index (χ2v) is 7.78. The van der Waals surface area contributed by atoms with Crippen molar-refractivity contribution in [1.82, 2.24) is 9.80 Å². The monoisotopic (exact) mass is 380 g/mol. The molecule has 0 bridgehead atoms. The van der Waals surface area contributed by atoms with E-state index in [9.17, 15) is 8.78 Å². The summed E-state index contributed by atoms with van der Waals surface area (Å²) >= 11 is 1.72. The number of ether oxygens (including phenoxy) is 1. The van der Waals surface area contributed by atoms with Crippen molar-refractivity contribution in [3.8, 4) is 0 Å². The van der Waals surface area contributed by atoms with Gasteiger partial charge in [-0.3, -0.25) is 9.80 Å². The Balaban J connectivity index is 1.62. The maximum atomic E-state index is 14.1. The summed E-state index contributed by atoms with van der Waals surface area (Å²) in [5.74, 6) is -0.727. The summed E-state index contributed by atoms with van der Waals surface area (Å²) in [6.07, 6.45) is 1.00. The molecule has 26 heavy (non-hydrogen) atoms. The third-order valence-corrected chi connectivity index (χ3v) is 5.80. The van der Waals surface area contributed by atoms with Gasteiger partial charge in [-0.2, -0.15) is 0 Å². The minimum Gasteiger partial charge on any atom is -0.379 e. The van der Waals surface area contributed by atoms with Crippen molar-refractivity contribution in [2.24, 2.45) is 0 Å².